The third-order valence-corrected chi connectivity index (χ3v) is 6.46. The number of fused-ring (bicyclic) bond motifs is 1. The smallest absolute Gasteiger partial charge is 0.239 e. The van der Waals surface area contributed by atoms with E-state index in [2.05, 4.69) is 24.5 Å². The van der Waals surface area contributed by atoms with Gasteiger partial charge < -0.3 is 20.0 Å². The Hall–Kier alpha value is -3.80. The van der Waals surface area contributed by atoms with E-state index in [9.17, 15) is 9.59 Å². The van der Waals surface area contributed by atoms with Crippen LogP contribution in [0.5, 0.6) is 0 Å². The molecule has 2 aliphatic rings. The van der Waals surface area contributed by atoms with Gasteiger partial charge in [0.05, 0.1) is 24.2 Å². The summed E-state index contributed by atoms with van der Waals surface area (Å²) >= 11 is 0. The number of anilines is 2. The molecule has 0 spiro atoms. The molecule has 1 amide bonds. The summed E-state index contributed by atoms with van der Waals surface area (Å²) in [6.07, 6.45) is 2.81. The van der Waals surface area contributed by atoms with E-state index in [1.54, 1.807) is 6.26 Å². The Morgan fingerprint density at radius 3 is 2.59 bits per heavy atom. The first-order chi connectivity index (χ1) is 16.4. The number of amides is 1. The Kier molecular flexibility index (Phi) is 5.74. The lowest BCUT2D eigenvalue weighted by atomic mass is 9.74. The van der Waals surface area contributed by atoms with Crippen LogP contribution in [-0.2, 0) is 16.1 Å². The summed E-state index contributed by atoms with van der Waals surface area (Å²) in [5.74, 6) is 0.611. The van der Waals surface area contributed by atoms with Crippen molar-refractivity contribution >= 4 is 23.1 Å². The SMILES string of the molecule is CC1(C)CC(=O)C2=C(C1)Nc1ccccc1N(CC(=O)NCc1ccccc1)C2c1ccco1. The summed E-state index contributed by atoms with van der Waals surface area (Å²) in [5.41, 5.74) is 4.22. The number of benzene rings is 2. The number of hydrogen-bond acceptors (Lipinski definition) is 5. The largest absolute Gasteiger partial charge is 0.467 e. The van der Waals surface area contributed by atoms with Crippen molar-refractivity contribution in [3.05, 3.63) is 95.6 Å². The molecule has 0 fully saturated rings. The van der Waals surface area contributed by atoms with Crippen molar-refractivity contribution in [2.75, 3.05) is 16.8 Å². The zero-order valence-electron chi connectivity index (χ0n) is 19.5. The van der Waals surface area contributed by atoms with Gasteiger partial charge in [0.15, 0.2) is 5.78 Å². The molecule has 1 unspecified atom stereocenters. The van der Waals surface area contributed by atoms with Crippen LogP contribution in [0.2, 0.25) is 0 Å². The molecule has 1 aliphatic heterocycles. The Labute approximate surface area is 199 Å². The zero-order valence-corrected chi connectivity index (χ0v) is 19.5. The monoisotopic (exact) mass is 455 g/mol. The van der Waals surface area contributed by atoms with Gasteiger partial charge in [0.25, 0.3) is 0 Å². The van der Waals surface area contributed by atoms with Crippen molar-refractivity contribution < 1.29 is 14.0 Å². The molecular formula is C28H29N3O3. The maximum atomic E-state index is 13.5. The van der Waals surface area contributed by atoms with Crippen molar-refractivity contribution in [3.63, 3.8) is 0 Å². The number of ketones is 1. The molecule has 6 nitrogen and oxygen atoms in total. The summed E-state index contributed by atoms with van der Waals surface area (Å²) in [6, 6.07) is 20.9. The molecule has 6 heteroatoms. The minimum atomic E-state index is -0.493. The summed E-state index contributed by atoms with van der Waals surface area (Å²) < 4.78 is 5.85. The maximum absolute atomic E-state index is 13.5. The van der Waals surface area contributed by atoms with E-state index in [1.807, 2.05) is 71.6 Å². The molecular weight excluding hydrogens is 426 g/mol. The fourth-order valence-electron chi connectivity index (χ4n) is 4.98. The minimum absolute atomic E-state index is 0.0858. The third kappa shape index (κ3) is 4.36. The van der Waals surface area contributed by atoms with Crippen molar-refractivity contribution in [3.8, 4) is 0 Å². The first-order valence-corrected chi connectivity index (χ1v) is 11.6. The number of nitrogens with one attached hydrogen (secondary N) is 2. The van der Waals surface area contributed by atoms with E-state index < -0.39 is 6.04 Å². The van der Waals surface area contributed by atoms with Gasteiger partial charge in [-0.2, -0.15) is 0 Å². The lowest BCUT2D eigenvalue weighted by Crippen LogP contribution is -2.41. The number of hydrogen-bond donors (Lipinski definition) is 2. The second kappa shape index (κ2) is 8.86. The highest BCUT2D eigenvalue weighted by Crippen LogP contribution is 2.48. The van der Waals surface area contributed by atoms with Crippen LogP contribution in [0.15, 0.2) is 88.7 Å². The zero-order chi connectivity index (χ0) is 23.7. The lowest BCUT2D eigenvalue weighted by molar-refractivity contribution is -0.121. The van der Waals surface area contributed by atoms with Gasteiger partial charge in [-0.1, -0.05) is 56.3 Å². The Morgan fingerprint density at radius 1 is 1.06 bits per heavy atom. The topological polar surface area (TPSA) is 74.6 Å². The highest BCUT2D eigenvalue weighted by atomic mass is 16.3. The van der Waals surface area contributed by atoms with E-state index in [0.29, 0.717) is 24.3 Å². The van der Waals surface area contributed by atoms with Gasteiger partial charge in [-0.05, 0) is 41.7 Å². The van der Waals surface area contributed by atoms with Crippen LogP contribution >= 0.6 is 0 Å². The Bertz CT molecular complexity index is 1230. The highest BCUT2D eigenvalue weighted by molar-refractivity contribution is 6.01. The predicted molar refractivity (Wildman–Crippen MR) is 132 cm³/mol. The number of furan rings is 1. The molecule has 2 heterocycles. The molecule has 0 bridgehead atoms. The standard InChI is InChI=1S/C28H29N3O3/c1-28(2)15-21-26(23(32)16-28)27(24-13-8-14-34-24)31(22-12-7-6-11-20(22)30-21)18-25(33)29-17-19-9-4-3-5-10-19/h3-14,27,30H,15-18H2,1-2H3,(H,29,33). The van der Waals surface area contributed by atoms with Gasteiger partial charge in [-0.25, -0.2) is 0 Å². The second-order valence-corrected chi connectivity index (χ2v) is 9.78. The van der Waals surface area contributed by atoms with Gasteiger partial charge >= 0.3 is 0 Å². The molecule has 3 aromatic rings. The van der Waals surface area contributed by atoms with Crippen molar-refractivity contribution in [1.82, 2.24) is 5.32 Å². The summed E-state index contributed by atoms with van der Waals surface area (Å²) in [4.78, 5) is 28.7. The molecule has 2 N–H and O–H groups in total. The van der Waals surface area contributed by atoms with E-state index >= 15 is 0 Å². The number of carbonyl (C=O) groups excluding carboxylic acids is 2. The van der Waals surface area contributed by atoms with Gasteiger partial charge in [0.2, 0.25) is 5.91 Å². The third-order valence-electron chi connectivity index (χ3n) is 6.46. The number of rotatable bonds is 5. The second-order valence-electron chi connectivity index (χ2n) is 9.78. The first kappa shape index (κ1) is 22.0. The molecule has 2 aromatic carbocycles. The van der Waals surface area contributed by atoms with E-state index in [1.165, 1.54) is 0 Å². The average molecular weight is 456 g/mol. The van der Waals surface area contributed by atoms with Gasteiger partial charge in [-0.3, -0.25) is 9.59 Å². The van der Waals surface area contributed by atoms with E-state index in [-0.39, 0.29) is 23.7 Å². The Morgan fingerprint density at radius 2 is 1.82 bits per heavy atom. The molecule has 174 valence electrons. The van der Waals surface area contributed by atoms with Crippen LogP contribution in [0, 0.1) is 5.41 Å². The van der Waals surface area contributed by atoms with Crippen LogP contribution < -0.4 is 15.5 Å². The number of carbonyl (C=O) groups is 2. The van der Waals surface area contributed by atoms with Crippen molar-refractivity contribution in [2.45, 2.75) is 39.3 Å². The summed E-state index contributed by atoms with van der Waals surface area (Å²) in [5, 5.41) is 6.57. The van der Waals surface area contributed by atoms with E-state index in [4.69, 9.17) is 4.42 Å². The first-order valence-electron chi connectivity index (χ1n) is 11.6. The number of allylic oxidation sites excluding steroid dienone is 1. The Balaban J connectivity index is 1.55. The molecule has 0 saturated carbocycles. The number of nitrogens with zero attached hydrogens (tertiary/aromatic N) is 1. The normalized spacial score (nSPS) is 19.1. The fourth-order valence-corrected chi connectivity index (χ4v) is 4.98. The van der Waals surface area contributed by atoms with Crippen molar-refractivity contribution in [1.29, 1.82) is 0 Å². The molecule has 0 saturated heterocycles. The highest BCUT2D eigenvalue weighted by Gasteiger charge is 2.42. The van der Waals surface area contributed by atoms with Crippen molar-refractivity contribution in [2.24, 2.45) is 5.41 Å². The quantitative estimate of drug-likeness (QED) is 0.552. The number of Topliss-reactive ketones (excluding diaryl/α,β-unsaturated/α-hetero) is 1. The van der Waals surface area contributed by atoms with Crippen LogP contribution in [0.25, 0.3) is 0 Å². The minimum Gasteiger partial charge on any atom is -0.467 e. The fraction of sp³-hybridized carbons (Fsp3) is 0.286. The van der Waals surface area contributed by atoms with Crippen LogP contribution in [0.3, 0.4) is 0 Å². The maximum Gasteiger partial charge on any atom is 0.239 e. The van der Waals surface area contributed by atoms with Gasteiger partial charge in [0, 0.05) is 24.2 Å². The molecule has 34 heavy (non-hydrogen) atoms. The molecule has 0 radical (unpaired) electrons. The van der Waals surface area contributed by atoms with Crippen LogP contribution in [0.4, 0.5) is 11.4 Å². The predicted octanol–water partition coefficient (Wildman–Crippen LogP) is 5.21. The van der Waals surface area contributed by atoms with E-state index in [0.717, 1.165) is 29.1 Å². The summed E-state index contributed by atoms with van der Waals surface area (Å²) in [7, 11) is 0. The molecule has 1 aromatic heterocycles. The lowest BCUT2D eigenvalue weighted by Gasteiger charge is -2.36. The van der Waals surface area contributed by atoms with Gasteiger partial charge in [0.1, 0.15) is 11.8 Å². The molecule has 5 rings (SSSR count). The summed E-state index contributed by atoms with van der Waals surface area (Å²) in [6.45, 7) is 4.76. The van der Waals surface area contributed by atoms with Crippen LogP contribution in [-0.4, -0.2) is 18.2 Å². The average Bonchev–Trinajstić information content (AvgIpc) is 3.30. The number of para-hydroxylation sites is 2. The molecule has 1 aliphatic carbocycles. The van der Waals surface area contributed by atoms with Crippen LogP contribution in [0.1, 0.15) is 44.1 Å². The van der Waals surface area contributed by atoms with Gasteiger partial charge in [-0.15, -0.1) is 0 Å². The molecule has 1 atom stereocenters.